The van der Waals surface area contributed by atoms with Crippen molar-refractivity contribution in [3.05, 3.63) is 48.0 Å². The monoisotopic (exact) mass is 288 g/mol. The summed E-state index contributed by atoms with van der Waals surface area (Å²) in [4.78, 5) is 11.4. The molecule has 1 atom stereocenters. The van der Waals surface area contributed by atoms with Crippen molar-refractivity contribution < 1.29 is 9.90 Å². The molecule has 2 heteroatoms. The molecule has 0 fully saturated rings. The highest BCUT2D eigenvalue weighted by Crippen LogP contribution is 2.13. The zero-order valence-corrected chi connectivity index (χ0v) is 13.2. The van der Waals surface area contributed by atoms with Gasteiger partial charge in [-0.05, 0) is 30.9 Å². The maximum atomic E-state index is 11.4. The fraction of sp³-hybridized carbons (Fsp3) is 0.526. The van der Waals surface area contributed by atoms with Crippen LogP contribution in [-0.2, 0) is 6.42 Å². The lowest BCUT2D eigenvalue weighted by atomic mass is 10.0. The third-order valence-electron chi connectivity index (χ3n) is 3.83. The van der Waals surface area contributed by atoms with Crippen LogP contribution in [0.15, 0.2) is 36.9 Å². The lowest BCUT2D eigenvalue weighted by Crippen LogP contribution is -2.08. The van der Waals surface area contributed by atoms with Crippen molar-refractivity contribution in [2.24, 2.45) is 0 Å². The molecule has 1 rings (SSSR count). The minimum absolute atomic E-state index is 0.0475. The molecular formula is C19H28O2. The van der Waals surface area contributed by atoms with Crippen molar-refractivity contribution >= 4 is 5.78 Å². The van der Waals surface area contributed by atoms with E-state index in [0.29, 0.717) is 5.56 Å². The van der Waals surface area contributed by atoms with Crippen molar-refractivity contribution in [1.82, 2.24) is 0 Å². The topological polar surface area (TPSA) is 37.3 Å². The molecular weight excluding hydrogens is 260 g/mol. The average Bonchev–Trinajstić information content (AvgIpc) is 2.52. The largest absolute Gasteiger partial charge is 0.393 e. The molecule has 0 aliphatic rings. The second-order valence-electron chi connectivity index (χ2n) is 5.66. The fourth-order valence-corrected chi connectivity index (χ4v) is 2.41. The number of aliphatic hydroxyl groups excluding tert-OH is 1. The molecule has 0 saturated carbocycles. The summed E-state index contributed by atoms with van der Waals surface area (Å²) >= 11 is 0. The number of unbranched alkanes of at least 4 members (excludes halogenated alkanes) is 4. The molecule has 0 spiro atoms. The summed E-state index contributed by atoms with van der Waals surface area (Å²) in [5.41, 5.74) is 1.84. The number of allylic oxidation sites excluding steroid dienone is 1. The van der Waals surface area contributed by atoms with E-state index in [1.54, 1.807) is 0 Å². The Labute approximate surface area is 128 Å². The summed E-state index contributed by atoms with van der Waals surface area (Å²) in [5, 5.41) is 9.98. The predicted molar refractivity (Wildman–Crippen MR) is 88.7 cm³/mol. The normalized spacial score (nSPS) is 12.1. The number of carbonyl (C=O) groups is 1. The van der Waals surface area contributed by atoms with Crippen LogP contribution in [0.4, 0.5) is 0 Å². The Hall–Kier alpha value is -1.41. The molecule has 0 amide bonds. The Morgan fingerprint density at radius 3 is 2.43 bits per heavy atom. The maximum Gasteiger partial charge on any atom is 0.185 e. The molecule has 116 valence electrons. The zero-order chi connectivity index (χ0) is 15.5. The highest BCUT2D eigenvalue weighted by atomic mass is 16.3. The molecule has 2 nitrogen and oxygen atoms in total. The molecule has 0 radical (unpaired) electrons. The molecule has 0 aromatic heterocycles. The van der Waals surface area contributed by atoms with Crippen LogP contribution in [0.1, 0.15) is 67.8 Å². The number of aryl methyl sites for hydroxylation is 1. The number of rotatable bonds is 11. The molecule has 21 heavy (non-hydrogen) atoms. The third kappa shape index (κ3) is 7.24. The van der Waals surface area contributed by atoms with Gasteiger partial charge in [0.2, 0.25) is 0 Å². The van der Waals surface area contributed by atoms with Crippen LogP contribution in [0.25, 0.3) is 0 Å². The summed E-state index contributed by atoms with van der Waals surface area (Å²) in [6.45, 7) is 5.69. The van der Waals surface area contributed by atoms with Gasteiger partial charge in [-0.25, -0.2) is 0 Å². The highest BCUT2D eigenvalue weighted by molar-refractivity contribution is 6.04. The first-order valence-corrected chi connectivity index (χ1v) is 8.11. The minimum atomic E-state index is -0.207. The molecule has 0 unspecified atom stereocenters. The Bertz CT molecular complexity index is 420. The Morgan fingerprint density at radius 1 is 1.14 bits per heavy atom. The first kappa shape index (κ1) is 17.6. The number of hydrogen-bond acceptors (Lipinski definition) is 2. The van der Waals surface area contributed by atoms with Gasteiger partial charge in [-0.15, -0.1) is 0 Å². The van der Waals surface area contributed by atoms with Crippen molar-refractivity contribution in [3.63, 3.8) is 0 Å². The number of hydrogen-bond donors (Lipinski definition) is 1. The van der Waals surface area contributed by atoms with Crippen LogP contribution in [-0.4, -0.2) is 17.0 Å². The molecule has 0 aliphatic carbocycles. The average molecular weight is 288 g/mol. The van der Waals surface area contributed by atoms with Gasteiger partial charge in [0.15, 0.2) is 5.78 Å². The van der Waals surface area contributed by atoms with Crippen LogP contribution >= 0.6 is 0 Å². The van der Waals surface area contributed by atoms with E-state index in [2.05, 4.69) is 13.5 Å². The van der Waals surface area contributed by atoms with E-state index in [1.165, 1.54) is 37.3 Å². The van der Waals surface area contributed by atoms with Crippen molar-refractivity contribution in [2.45, 2.75) is 64.4 Å². The second-order valence-corrected chi connectivity index (χ2v) is 5.66. The maximum absolute atomic E-state index is 11.4. The van der Waals surface area contributed by atoms with Crippen molar-refractivity contribution in [2.75, 3.05) is 0 Å². The third-order valence-corrected chi connectivity index (χ3v) is 3.83. The van der Waals surface area contributed by atoms with Gasteiger partial charge >= 0.3 is 0 Å². The Balaban J connectivity index is 2.24. The van der Waals surface area contributed by atoms with Gasteiger partial charge in [0, 0.05) is 5.56 Å². The summed E-state index contributed by atoms with van der Waals surface area (Å²) < 4.78 is 0. The molecule has 0 aliphatic heterocycles. The highest BCUT2D eigenvalue weighted by Gasteiger charge is 2.05. The molecule has 0 heterocycles. The van der Waals surface area contributed by atoms with Gasteiger partial charge in [-0.1, -0.05) is 69.9 Å². The van der Waals surface area contributed by atoms with Crippen LogP contribution in [0.3, 0.4) is 0 Å². The van der Waals surface area contributed by atoms with E-state index in [4.69, 9.17) is 0 Å². The van der Waals surface area contributed by atoms with Crippen molar-refractivity contribution in [1.29, 1.82) is 0 Å². The van der Waals surface area contributed by atoms with Crippen molar-refractivity contribution in [3.8, 4) is 0 Å². The molecule has 0 bridgehead atoms. The SMILES string of the molecule is C=CC(=O)c1ccc(CC[C@H](O)CCCCCCC)cc1. The summed E-state index contributed by atoms with van der Waals surface area (Å²) in [7, 11) is 0. The molecule has 1 aromatic rings. The van der Waals surface area contributed by atoms with Gasteiger partial charge < -0.3 is 5.11 Å². The summed E-state index contributed by atoms with van der Waals surface area (Å²) in [5.74, 6) is -0.0475. The number of aliphatic hydroxyl groups is 1. The second kappa shape index (κ2) is 10.3. The number of carbonyl (C=O) groups excluding carboxylic acids is 1. The van der Waals surface area contributed by atoms with E-state index in [-0.39, 0.29) is 11.9 Å². The lowest BCUT2D eigenvalue weighted by molar-refractivity contribution is 0.104. The van der Waals surface area contributed by atoms with E-state index >= 15 is 0 Å². The van der Waals surface area contributed by atoms with Crippen LogP contribution in [0.5, 0.6) is 0 Å². The standard InChI is InChI=1S/C19H28O2/c1-3-5-6-7-8-9-18(20)15-12-16-10-13-17(14-11-16)19(21)4-2/h4,10-11,13-14,18,20H,2-3,5-9,12,15H2,1H3/t18-/m1/s1. The quantitative estimate of drug-likeness (QED) is 0.364. The smallest absolute Gasteiger partial charge is 0.185 e. The molecule has 0 saturated heterocycles. The van der Waals surface area contributed by atoms with Gasteiger partial charge in [-0.3, -0.25) is 4.79 Å². The first-order valence-electron chi connectivity index (χ1n) is 8.11. The van der Waals surface area contributed by atoms with Crippen LogP contribution in [0, 0.1) is 0 Å². The van der Waals surface area contributed by atoms with E-state index in [9.17, 15) is 9.90 Å². The molecule has 1 aromatic carbocycles. The Kier molecular flexibility index (Phi) is 8.68. The summed E-state index contributed by atoms with van der Waals surface area (Å²) in [6.07, 6.45) is 9.86. The van der Waals surface area contributed by atoms with Crippen LogP contribution in [0.2, 0.25) is 0 Å². The predicted octanol–water partition coefficient (Wildman–Crippen LogP) is 4.71. The van der Waals surface area contributed by atoms with Crippen LogP contribution < -0.4 is 0 Å². The van der Waals surface area contributed by atoms with E-state index in [1.807, 2.05) is 24.3 Å². The Morgan fingerprint density at radius 2 is 1.81 bits per heavy atom. The minimum Gasteiger partial charge on any atom is -0.393 e. The van der Waals surface area contributed by atoms with Gasteiger partial charge in [0.25, 0.3) is 0 Å². The van der Waals surface area contributed by atoms with Gasteiger partial charge in [0.1, 0.15) is 0 Å². The summed E-state index contributed by atoms with van der Waals surface area (Å²) in [6, 6.07) is 7.59. The van der Waals surface area contributed by atoms with E-state index in [0.717, 1.165) is 25.7 Å². The zero-order valence-electron chi connectivity index (χ0n) is 13.2. The molecule has 1 N–H and O–H groups in total. The van der Waals surface area contributed by atoms with Gasteiger partial charge in [-0.2, -0.15) is 0 Å². The first-order chi connectivity index (χ1) is 10.2. The fourth-order valence-electron chi connectivity index (χ4n) is 2.41. The van der Waals surface area contributed by atoms with E-state index < -0.39 is 0 Å². The number of benzene rings is 1. The number of ketones is 1. The van der Waals surface area contributed by atoms with Gasteiger partial charge in [0.05, 0.1) is 6.10 Å². The lowest BCUT2D eigenvalue weighted by Gasteiger charge is -2.10.